The number of benzene rings is 3. The number of nitrogens with zero attached hydrogens (tertiary/aromatic N) is 1. The number of fused-ring (bicyclic) bond motifs is 8. The lowest BCUT2D eigenvalue weighted by atomic mass is 9.88. The summed E-state index contributed by atoms with van der Waals surface area (Å²) in [7, 11) is 3.60. The van der Waals surface area contributed by atoms with E-state index in [0.717, 1.165) is 44.6 Å². The second-order valence-corrected chi connectivity index (χ2v) is 7.04. The molecule has 7 nitrogen and oxygen atoms in total. The van der Waals surface area contributed by atoms with Crippen LogP contribution in [0, 0.1) is 0 Å². The second kappa shape index (κ2) is 5.28. The summed E-state index contributed by atoms with van der Waals surface area (Å²) in [6, 6.07) is 7.48. The molecule has 0 fully saturated rings. The molecule has 7 heteroatoms. The number of anilines is 1. The van der Waals surface area contributed by atoms with Gasteiger partial charge in [0.05, 0.1) is 18.2 Å². The third kappa shape index (κ3) is 1.83. The minimum absolute atomic E-state index is 0.151. The van der Waals surface area contributed by atoms with Crippen LogP contribution in [0.25, 0.3) is 21.9 Å². The Balaban J connectivity index is 1.74. The van der Waals surface area contributed by atoms with Gasteiger partial charge in [-0.05, 0) is 35.2 Å². The van der Waals surface area contributed by atoms with E-state index in [0.29, 0.717) is 23.8 Å². The van der Waals surface area contributed by atoms with Crippen LogP contribution in [0.2, 0.25) is 0 Å². The van der Waals surface area contributed by atoms with Crippen LogP contribution in [0.15, 0.2) is 24.3 Å². The maximum Gasteiger partial charge on any atom is 0.231 e. The van der Waals surface area contributed by atoms with Crippen molar-refractivity contribution in [3.05, 3.63) is 29.8 Å². The van der Waals surface area contributed by atoms with Crippen molar-refractivity contribution in [1.82, 2.24) is 0 Å². The number of hydrogen-bond donors (Lipinski definition) is 1. The standard InChI is InChI=1S/C21H17NO6/c1-22-7-12-11(3-4-14-19(12)27-8-25-14)17-13(23)5-10-6-15-20(28-9-26-15)21(24-2)16(10)18(17)22/h3-6,23H,7-9H2,1-2H3. The molecule has 1 N–H and O–H groups in total. The number of ether oxygens (including phenoxy) is 5. The fourth-order valence-corrected chi connectivity index (χ4v) is 4.43. The number of phenolic OH excluding ortho intramolecular Hbond substituents is 1. The van der Waals surface area contributed by atoms with Crippen molar-refractivity contribution in [3.63, 3.8) is 0 Å². The third-order valence-corrected chi connectivity index (χ3v) is 5.56. The van der Waals surface area contributed by atoms with Gasteiger partial charge in [0.2, 0.25) is 19.3 Å². The lowest BCUT2D eigenvalue weighted by Gasteiger charge is -2.32. The molecular formula is C21H17NO6. The van der Waals surface area contributed by atoms with Crippen molar-refractivity contribution in [3.8, 4) is 45.6 Å². The van der Waals surface area contributed by atoms with E-state index in [1.54, 1.807) is 13.2 Å². The first-order valence-corrected chi connectivity index (χ1v) is 8.96. The first-order chi connectivity index (χ1) is 13.7. The first-order valence-electron chi connectivity index (χ1n) is 8.96. The molecule has 6 rings (SSSR count). The van der Waals surface area contributed by atoms with Crippen molar-refractivity contribution in [2.75, 3.05) is 32.6 Å². The van der Waals surface area contributed by atoms with Crippen LogP contribution in [0.1, 0.15) is 5.56 Å². The topological polar surface area (TPSA) is 69.6 Å². The van der Waals surface area contributed by atoms with Gasteiger partial charge in [-0.2, -0.15) is 0 Å². The maximum atomic E-state index is 11.0. The summed E-state index contributed by atoms with van der Waals surface area (Å²) in [6.45, 7) is 0.979. The monoisotopic (exact) mass is 379 g/mol. The average Bonchev–Trinajstić information content (AvgIpc) is 3.35. The Hall–Kier alpha value is -3.48. The van der Waals surface area contributed by atoms with Crippen LogP contribution >= 0.6 is 0 Å². The average molecular weight is 379 g/mol. The molecule has 0 unspecified atom stereocenters. The van der Waals surface area contributed by atoms with Crippen molar-refractivity contribution >= 4 is 16.5 Å². The van der Waals surface area contributed by atoms with Gasteiger partial charge in [-0.25, -0.2) is 0 Å². The fourth-order valence-electron chi connectivity index (χ4n) is 4.43. The minimum atomic E-state index is 0.151. The summed E-state index contributed by atoms with van der Waals surface area (Å²) in [5.74, 6) is 3.48. The smallest absolute Gasteiger partial charge is 0.231 e. The van der Waals surface area contributed by atoms with E-state index in [1.165, 1.54) is 0 Å². The van der Waals surface area contributed by atoms with E-state index in [2.05, 4.69) is 4.90 Å². The normalized spacial score (nSPS) is 15.6. The highest BCUT2D eigenvalue weighted by Crippen LogP contribution is 2.57. The quantitative estimate of drug-likeness (QED) is 0.692. The molecule has 142 valence electrons. The molecule has 0 aromatic heterocycles. The van der Waals surface area contributed by atoms with Gasteiger partial charge in [0.15, 0.2) is 23.0 Å². The van der Waals surface area contributed by atoms with Gasteiger partial charge in [-0.1, -0.05) is 0 Å². The highest BCUT2D eigenvalue weighted by molar-refractivity contribution is 6.11. The van der Waals surface area contributed by atoms with Gasteiger partial charge in [-0.3, -0.25) is 0 Å². The Labute approximate surface area is 160 Å². The zero-order chi connectivity index (χ0) is 19.0. The number of hydrogen-bond acceptors (Lipinski definition) is 7. The van der Waals surface area contributed by atoms with E-state index in [4.69, 9.17) is 23.7 Å². The maximum absolute atomic E-state index is 11.0. The summed E-state index contributed by atoms with van der Waals surface area (Å²) in [4.78, 5) is 2.09. The largest absolute Gasteiger partial charge is 0.507 e. The van der Waals surface area contributed by atoms with Crippen LogP contribution in [-0.2, 0) is 6.54 Å². The van der Waals surface area contributed by atoms with Crippen LogP contribution < -0.4 is 28.6 Å². The molecule has 0 bridgehead atoms. The molecule has 0 spiro atoms. The van der Waals surface area contributed by atoms with Crippen LogP contribution in [-0.4, -0.2) is 32.8 Å². The van der Waals surface area contributed by atoms with Crippen molar-refractivity contribution in [1.29, 1.82) is 0 Å². The molecule has 3 aliphatic heterocycles. The summed E-state index contributed by atoms with van der Waals surface area (Å²) < 4.78 is 28.1. The third-order valence-electron chi connectivity index (χ3n) is 5.56. The molecule has 0 saturated heterocycles. The van der Waals surface area contributed by atoms with Gasteiger partial charge < -0.3 is 33.7 Å². The first kappa shape index (κ1) is 15.6. The van der Waals surface area contributed by atoms with Crippen molar-refractivity contribution in [2.24, 2.45) is 0 Å². The van der Waals surface area contributed by atoms with Crippen molar-refractivity contribution < 1.29 is 28.8 Å². The Kier molecular flexibility index (Phi) is 2.94. The molecule has 0 aliphatic carbocycles. The van der Waals surface area contributed by atoms with Gasteiger partial charge >= 0.3 is 0 Å². The molecular weight excluding hydrogens is 362 g/mol. The molecule has 3 aromatic rings. The molecule has 0 amide bonds. The zero-order valence-electron chi connectivity index (χ0n) is 15.4. The van der Waals surface area contributed by atoms with E-state index >= 15 is 0 Å². The predicted molar refractivity (Wildman–Crippen MR) is 102 cm³/mol. The van der Waals surface area contributed by atoms with Crippen LogP contribution in [0.4, 0.5) is 5.69 Å². The number of aromatic hydroxyl groups is 1. The lowest BCUT2D eigenvalue weighted by molar-refractivity contribution is 0.171. The minimum Gasteiger partial charge on any atom is -0.507 e. The highest BCUT2D eigenvalue weighted by Gasteiger charge is 2.33. The predicted octanol–water partition coefficient (Wildman–Crippen LogP) is 3.63. The van der Waals surface area contributed by atoms with Gasteiger partial charge in [0.1, 0.15) is 5.75 Å². The van der Waals surface area contributed by atoms with Crippen LogP contribution in [0.3, 0.4) is 0 Å². The summed E-state index contributed by atoms with van der Waals surface area (Å²) in [6.07, 6.45) is 0. The van der Waals surface area contributed by atoms with E-state index in [1.807, 2.05) is 25.2 Å². The van der Waals surface area contributed by atoms with E-state index in [-0.39, 0.29) is 19.3 Å². The summed E-state index contributed by atoms with van der Waals surface area (Å²) in [5.41, 5.74) is 3.55. The van der Waals surface area contributed by atoms with Gasteiger partial charge in [0, 0.05) is 24.7 Å². The van der Waals surface area contributed by atoms with E-state index in [9.17, 15) is 5.11 Å². The van der Waals surface area contributed by atoms with Crippen molar-refractivity contribution in [2.45, 2.75) is 6.54 Å². The Morgan fingerprint density at radius 1 is 1.00 bits per heavy atom. The summed E-state index contributed by atoms with van der Waals surface area (Å²) >= 11 is 0. The molecule has 0 saturated carbocycles. The highest BCUT2D eigenvalue weighted by atomic mass is 16.7. The molecule has 3 aromatic carbocycles. The van der Waals surface area contributed by atoms with Crippen LogP contribution in [0.5, 0.6) is 34.5 Å². The lowest BCUT2D eigenvalue weighted by Crippen LogP contribution is -2.22. The molecule has 0 atom stereocenters. The Morgan fingerprint density at radius 3 is 2.61 bits per heavy atom. The fraction of sp³-hybridized carbons (Fsp3) is 0.238. The number of methoxy groups -OCH3 is 1. The van der Waals surface area contributed by atoms with Gasteiger partial charge in [0.25, 0.3) is 0 Å². The second-order valence-electron chi connectivity index (χ2n) is 7.04. The molecule has 28 heavy (non-hydrogen) atoms. The summed E-state index contributed by atoms with van der Waals surface area (Å²) in [5, 5.41) is 12.7. The molecule has 0 radical (unpaired) electrons. The Morgan fingerprint density at radius 2 is 1.79 bits per heavy atom. The van der Waals surface area contributed by atoms with E-state index < -0.39 is 0 Å². The molecule has 3 aliphatic rings. The SMILES string of the molecule is COc1c2c(cc3cc(O)c4c(c13)N(C)Cc1c-4ccc3c1OCO3)OCO2. The Bertz CT molecular complexity index is 1170. The molecule has 3 heterocycles. The number of phenols is 1. The zero-order valence-corrected chi connectivity index (χ0v) is 15.4. The number of rotatable bonds is 1. The van der Waals surface area contributed by atoms with Gasteiger partial charge in [-0.15, -0.1) is 0 Å².